The minimum absolute atomic E-state index is 0. The van der Waals surface area contributed by atoms with Crippen LogP contribution in [-0.2, 0) is 4.79 Å². The van der Waals surface area contributed by atoms with Crippen molar-refractivity contribution in [1.29, 1.82) is 0 Å². The van der Waals surface area contributed by atoms with Crippen molar-refractivity contribution >= 4 is 61.6 Å². The molecule has 82 valence electrons. The summed E-state index contributed by atoms with van der Waals surface area (Å²) in [5, 5.41) is 10.1. The number of aliphatic carboxylic acids is 1. The second kappa shape index (κ2) is 8.45. The molecule has 0 spiro atoms. The molecular weight excluding hydrogens is 228 g/mol. The first kappa shape index (κ1) is 16.6. The molecule has 0 atom stereocenters. The molecule has 0 fully saturated rings. The summed E-state index contributed by atoms with van der Waals surface area (Å²) in [5.41, 5.74) is 10.5. The summed E-state index contributed by atoms with van der Waals surface area (Å²) in [6.07, 6.45) is 0. The SMILES string of the molecule is CC(=O)O.CNc1nc(N)nc(N)n1.[CaH2]. The van der Waals surface area contributed by atoms with Crippen LogP contribution in [-0.4, -0.2) is 70.8 Å². The fourth-order valence-corrected chi connectivity index (χ4v) is 0.521. The number of nitrogens with one attached hydrogen (secondary N) is 1. The van der Waals surface area contributed by atoms with Crippen molar-refractivity contribution in [1.82, 2.24) is 15.0 Å². The summed E-state index contributed by atoms with van der Waals surface area (Å²) < 4.78 is 0. The van der Waals surface area contributed by atoms with E-state index in [9.17, 15) is 0 Å². The number of nitrogens with two attached hydrogens (primary N) is 2. The summed E-state index contributed by atoms with van der Waals surface area (Å²) >= 11 is 0. The maximum atomic E-state index is 9.00. The number of carboxylic acid groups (broad SMARTS) is 1. The van der Waals surface area contributed by atoms with E-state index in [4.69, 9.17) is 21.4 Å². The number of nitrogens with zero attached hydrogens (tertiary/aromatic N) is 3. The Morgan fingerprint density at radius 1 is 1.27 bits per heavy atom. The number of nitrogen functional groups attached to an aromatic ring is 2. The summed E-state index contributed by atoms with van der Waals surface area (Å²) in [6, 6.07) is 0. The van der Waals surface area contributed by atoms with Gasteiger partial charge < -0.3 is 21.9 Å². The molecule has 0 aliphatic rings. The van der Waals surface area contributed by atoms with Crippen molar-refractivity contribution in [3.63, 3.8) is 0 Å². The molecule has 0 saturated carbocycles. The van der Waals surface area contributed by atoms with Crippen LogP contribution in [0.25, 0.3) is 0 Å². The predicted molar refractivity (Wildman–Crippen MR) is 60.1 cm³/mol. The van der Waals surface area contributed by atoms with Crippen molar-refractivity contribution < 1.29 is 9.90 Å². The minimum atomic E-state index is -0.833. The second-order valence-electron chi connectivity index (χ2n) is 2.14. The van der Waals surface area contributed by atoms with Gasteiger partial charge in [-0.1, -0.05) is 0 Å². The van der Waals surface area contributed by atoms with Gasteiger partial charge in [-0.05, 0) is 0 Å². The average molecular weight is 242 g/mol. The average Bonchev–Trinajstić information content (AvgIpc) is 2.01. The van der Waals surface area contributed by atoms with E-state index in [1.807, 2.05) is 0 Å². The number of aromatic nitrogens is 3. The molecule has 1 aromatic heterocycles. The second-order valence-corrected chi connectivity index (χ2v) is 2.14. The zero-order valence-electron chi connectivity index (χ0n) is 7.85. The van der Waals surface area contributed by atoms with Crippen LogP contribution < -0.4 is 16.8 Å². The molecule has 0 unspecified atom stereocenters. The van der Waals surface area contributed by atoms with Gasteiger partial charge in [0.2, 0.25) is 17.8 Å². The predicted octanol–water partition coefficient (Wildman–Crippen LogP) is -1.75. The molecule has 6 N–H and O–H groups in total. The number of rotatable bonds is 1. The molecule has 8 nitrogen and oxygen atoms in total. The van der Waals surface area contributed by atoms with E-state index in [0.29, 0.717) is 5.95 Å². The van der Waals surface area contributed by atoms with Gasteiger partial charge in [0.15, 0.2) is 0 Å². The topological polar surface area (TPSA) is 140 Å². The van der Waals surface area contributed by atoms with E-state index < -0.39 is 5.97 Å². The van der Waals surface area contributed by atoms with Gasteiger partial charge in [-0.15, -0.1) is 0 Å². The Hall–Kier alpha value is -0.860. The van der Waals surface area contributed by atoms with Crippen LogP contribution >= 0.6 is 0 Å². The number of hydrogen-bond donors (Lipinski definition) is 4. The van der Waals surface area contributed by atoms with Crippen LogP contribution in [0.3, 0.4) is 0 Å². The van der Waals surface area contributed by atoms with E-state index in [2.05, 4.69) is 20.3 Å². The Bertz CT molecular complexity index is 296. The van der Waals surface area contributed by atoms with Crippen molar-refractivity contribution in [2.24, 2.45) is 0 Å². The van der Waals surface area contributed by atoms with Crippen molar-refractivity contribution in [2.45, 2.75) is 6.92 Å². The van der Waals surface area contributed by atoms with Crippen LogP contribution in [0.1, 0.15) is 6.92 Å². The first-order chi connectivity index (χ1) is 6.45. The van der Waals surface area contributed by atoms with Crippen LogP contribution in [0, 0.1) is 0 Å². The van der Waals surface area contributed by atoms with E-state index in [1.165, 1.54) is 0 Å². The van der Waals surface area contributed by atoms with Gasteiger partial charge in [-0.3, -0.25) is 4.79 Å². The fraction of sp³-hybridized carbons (Fsp3) is 0.333. The third-order valence-electron chi connectivity index (χ3n) is 0.894. The number of hydrogen-bond acceptors (Lipinski definition) is 7. The first-order valence-electron chi connectivity index (χ1n) is 3.60. The molecule has 1 aromatic rings. The summed E-state index contributed by atoms with van der Waals surface area (Å²) in [5.74, 6) is -0.210. The van der Waals surface area contributed by atoms with Gasteiger partial charge in [0.1, 0.15) is 0 Å². The molecule has 9 heteroatoms. The number of anilines is 3. The molecule has 0 bridgehead atoms. The Balaban J connectivity index is 0. The normalized spacial score (nSPS) is 7.87. The Labute approximate surface area is 116 Å². The monoisotopic (exact) mass is 242 g/mol. The van der Waals surface area contributed by atoms with Crippen molar-refractivity contribution in [2.75, 3.05) is 23.8 Å². The van der Waals surface area contributed by atoms with Crippen LogP contribution in [0.4, 0.5) is 17.8 Å². The van der Waals surface area contributed by atoms with Gasteiger partial charge in [0.25, 0.3) is 5.97 Å². The summed E-state index contributed by atoms with van der Waals surface area (Å²) in [6.45, 7) is 1.08. The zero-order chi connectivity index (χ0) is 11.1. The summed E-state index contributed by atoms with van der Waals surface area (Å²) in [4.78, 5) is 20.0. The van der Waals surface area contributed by atoms with E-state index in [0.717, 1.165) is 6.92 Å². The third-order valence-corrected chi connectivity index (χ3v) is 0.894. The molecular formula is C6H14CaN6O2. The molecule has 0 aromatic carbocycles. The molecule has 0 radical (unpaired) electrons. The van der Waals surface area contributed by atoms with Gasteiger partial charge in [0.05, 0.1) is 0 Å². The van der Waals surface area contributed by atoms with E-state index >= 15 is 0 Å². The van der Waals surface area contributed by atoms with Gasteiger partial charge in [-0.2, -0.15) is 15.0 Å². The number of carbonyl (C=O) groups is 1. The van der Waals surface area contributed by atoms with Gasteiger partial charge in [0, 0.05) is 14.0 Å². The fourth-order valence-electron chi connectivity index (χ4n) is 0.521. The first-order valence-corrected chi connectivity index (χ1v) is 3.60. The van der Waals surface area contributed by atoms with E-state index in [-0.39, 0.29) is 49.6 Å². The van der Waals surface area contributed by atoms with Crippen LogP contribution in [0.15, 0.2) is 0 Å². The summed E-state index contributed by atoms with van der Waals surface area (Å²) in [7, 11) is 1.67. The zero-order valence-corrected chi connectivity index (χ0v) is 7.85. The molecule has 0 saturated heterocycles. The maximum absolute atomic E-state index is 9.00. The number of carboxylic acids is 1. The standard InChI is InChI=1S/C4H8N6.C2H4O2.Ca.2H/c1-7-4-9-2(5)8-3(6)10-4;1-2(3)4;;;/h1H3,(H5,5,6,7,8,9,10);1H3,(H,3,4);;;. The van der Waals surface area contributed by atoms with Crippen LogP contribution in [0.2, 0.25) is 0 Å². The Kier molecular flexibility index (Phi) is 9.33. The van der Waals surface area contributed by atoms with Gasteiger partial charge in [-0.25, -0.2) is 0 Å². The molecule has 0 aliphatic carbocycles. The van der Waals surface area contributed by atoms with Crippen molar-refractivity contribution in [3.8, 4) is 0 Å². The van der Waals surface area contributed by atoms with Gasteiger partial charge >= 0.3 is 37.7 Å². The third kappa shape index (κ3) is 9.44. The molecule has 15 heavy (non-hydrogen) atoms. The molecule has 1 rings (SSSR count). The Morgan fingerprint density at radius 3 is 1.87 bits per heavy atom. The quantitative estimate of drug-likeness (QED) is 0.425. The molecule has 0 amide bonds. The Morgan fingerprint density at radius 2 is 1.60 bits per heavy atom. The van der Waals surface area contributed by atoms with Crippen molar-refractivity contribution in [3.05, 3.63) is 0 Å². The van der Waals surface area contributed by atoms with Crippen LogP contribution in [0.5, 0.6) is 0 Å². The molecule has 0 aliphatic heterocycles. The van der Waals surface area contributed by atoms with E-state index in [1.54, 1.807) is 7.05 Å². The molecule has 1 heterocycles.